The molecule has 0 aliphatic rings. The molecule has 0 unspecified atom stereocenters. The first-order chi connectivity index (χ1) is 9.22. The third-order valence-electron chi connectivity index (χ3n) is 2.52. The second kappa shape index (κ2) is 6.84. The lowest BCUT2D eigenvalue weighted by molar-refractivity contribution is 0.103. The fourth-order valence-electron chi connectivity index (χ4n) is 1.55. The molecule has 1 heterocycles. The van der Waals surface area contributed by atoms with Crippen LogP contribution in [-0.2, 0) is 4.74 Å². The number of halogens is 1. The summed E-state index contributed by atoms with van der Waals surface area (Å²) in [5.74, 6) is 0.726. The van der Waals surface area contributed by atoms with E-state index < -0.39 is 0 Å². The summed E-state index contributed by atoms with van der Waals surface area (Å²) >= 11 is 4.93. The number of rotatable bonds is 6. The van der Waals surface area contributed by atoms with Crippen LogP contribution in [-0.4, -0.2) is 26.1 Å². The molecule has 5 heteroatoms. The summed E-state index contributed by atoms with van der Waals surface area (Å²) < 4.78 is 11.2. The van der Waals surface area contributed by atoms with Crippen molar-refractivity contribution in [2.24, 2.45) is 0 Å². The highest BCUT2D eigenvalue weighted by Gasteiger charge is 2.11. The Hall–Kier alpha value is -1.17. The van der Waals surface area contributed by atoms with Crippen LogP contribution in [0.4, 0.5) is 0 Å². The number of thiophene rings is 1. The molecule has 2 rings (SSSR count). The second-order valence-electron chi connectivity index (χ2n) is 3.83. The molecule has 0 saturated heterocycles. The molecule has 0 spiro atoms. The molecule has 1 aromatic heterocycles. The minimum Gasteiger partial charge on any atom is -0.490 e. The van der Waals surface area contributed by atoms with Crippen LogP contribution in [0.3, 0.4) is 0 Å². The van der Waals surface area contributed by atoms with E-state index in [-0.39, 0.29) is 5.78 Å². The highest BCUT2D eigenvalue weighted by atomic mass is 79.9. The topological polar surface area (TPSA) is 35.5 Å². The molecule has 1 aromatic carbocycles. The van der Waals surface area contributed by atoms with Gasteiger partial charge >= 0.3 is 0 Å². The molecular formula is C14H13BrO3S. The van der Waals surface area contributed by atoms with Gasteiger partial charge in [0.2, 0.25) is 0 Å². The van der Waals surface area contributed by atoms with E-state index in [0.29, 0.717) is 30.1 Å². The van der Waals surface area contributed by atoms with Gasteiger partial charge in [-0.15, -0.1) is 0 Å². The monoisotopic (exact) mass is 340 g/mol. The third kappa shape index (κ3) is 3.65. The number of hydrogen-bond donors (Lipinski definition) is 0. The molecule has 0 aliphatic carbocycles. The molecule has 0 N–H and O–H groups in total. The molecule has 0 radical (unpaired) electrons. The predicted molar refractivity (Wildman–Crippen MR) is 79.3 cm³/mol. The van der Waals surface area contributed by atoms with Gasteiger partial charge in [-0.3, -0.25) is 4.79 Å². The van der Waals surface area contributed by atoms with E-state index in [4.69, 9.17) is 9.47 Å². The molecule has 0 bridgehead atoms. The number of hydrogen-bond acceptors (Lipinski definition) is 4. The number of carbonyl (C=O) groups excluding carboxylic acids is 1. The molecule has 0 aliphatic heterocycles. The van der Waals surface area contributed by atoms with Crippen LogP contribution in [0.2, 0.25) is 0 Å². The highest BCUT2D eigenvalue weighted by molar-refractivity contribution is 9.10. The maximum absolute atomic E-state index is 12.2. The van der Waals surface area contributed by atoms with E-state index >= 15 is 0 Å². The van der Waals surface area contributed by atoms with Crippen molar-refractivity contribution in [2.45, 2.75) is 0 Å². The maximum Gasteiger partial charge on any atom is 0.193 e. The molecular weight excluding hydrogens is 328 g/mol. The van der Waals surface area contributed by atoms with Crippen molar-refractivity contribution >= 4 is 33.0 Å². The highest BCUT2D eigenvalue weighted by Crippen LogP contribution is 2.27. The average Bonchev–Trinajstić information content (AvgIpc) is 2.94. The van der Waals surface area contributed by atoms with Gasteiger partial charge < -0.3 is 9.47 Å². The van der Waals surface area contributed by atoms with Gasteiger partial charge in [0.05, 0.1) is 11.1 Å². The summed E-state index contributed by atoms with van der Waals surface area (Å²) in [4.78, 5) is 12.2. The Morgan fingerprint density at radius 3 is 2.74 bits per heavy atom. The van der Waals surface area contributed by atoms with Gasteiger partial charge in [0, 0.05) is 23.6 Å². The Morgan fingerprint density at radius 1 is 1.26 bits per heavy atom. The van der Waals surface area contributed by atoms with Crippen LogP contribution < -0.4 is 4.74 Å². The van der Waals surface area contributed by atoms with E-state index in [2.05, 4.69) is 15.9 Å². The average molecular weight is 341 g/mol. The quantitative estimate of drug-likeness (QED) is 0.593. The number of ether oxygens (including phenoxy) is 2. The van der Waals surface area contributed by atoms with E-state index in [1.165, 1.54) is 11.3 Å². The zero-order valence-corrected chi connectivity index (χ0v) is 12.8. The summed E-state index contributed by atoms with van der Waals surface area (Å²) in [7, 11) is 1.63. The van der Waals surface area contributed by atoms with E-state index in [1.54, 1.807) is 25.3 Å². The fraction of sp³-hybridized carbons (Fsp3) is 0.214. The minimum absolute atomic E-state index is 0.0189. The Morgan fingerprint density at radius 2 is 2.11 bits per heavy atom. The van der Waals surface area contributed by atoms with Crippen molar-refractivity contribution in [1.82, 2.24) is 0 Å². The number of ketones is 1. The smallest absolute Gasteiger partial charge is 0.193 e. The van der Waals surface area contributed by atoms with Crippen LogP contribution in [0.25, 0.3) is 0 Å². The first-order valence-corrected chi connectivity index (χ1v) is 7.44. The first kappa shape index (κ1) is 14.2. The normalized spacial score (nSPS) is 10.4. The second-order valence-corrected chi connectivity index (χ2v) is 5.46. The standard InChI is InChI=1S/C14H13BrO3S/c1-17-5-6-18-13-3-2-10(8-12(13)15)14(16)11-4-7-19-9-11/h2-4,7-9H,5-6H2,1H3. The van der Waals surface area contributed by atoms with Crippen LogP contribution in [0.5, 0.6) is 5.75 Å². The van der Waals surface area contributed by atoms with E-state index in [9.17, 15) is 4.79 Å². The zero-order chi connectivity index (χ0) is 13.7. The molecule has 3 nitrogen and oxygen atoms in total. The van der Waals surface area contributed by atoms with Gasteiger partial charge in [0.15, 0.2) is 5.78 Å². The lowest BCUT2D eigenvalue weighted by atomic mass is 10.1. The van der Waals surface area contributed by atoms with Crippen LogP contribution in [0, 0.1) is 0 Å². The molecule has 0 fully saturated rings. The van der Waals surface area contributed by atoms with E-state index in [0.717, 1.165) is 4.47 Å². The SMILES string of the molecule is COCCOc1ccc(C(=O)c2ccsc2)cc1Br. The number of benzene rings is 1. The van der Waals surface area contributed by atoms with Crippen molar-refractivity contribution in [1.29, 1.82) is 0 Å². The molecule has 0 atom stereocenters. The lowest BCUT2D eigenvalue weighted by Crippen LogP contribution is -2.05. The summed E-state index contributed by atoms with van der Waals surface area (Å²) in [6, 6.07) is 7.16. The van der Waals surface area contributed by atoms with Gasteiger partial charge in [0.25, 0.3) is 0 Å². The van der Waals surface area contributed by atoms with Gasteiger partial charge in [-0.2, -0.15) is 11.3 Å². The molecule has 0 amide bonds. The zero-order valence-electron chi connectivity index (χ0n) is 10.4. The Bertz CT molecular complexity index is 552. The van der Waals surface area contributed by atoms with Gasteiger partial charge in [0.1, 0.15) is 12.4 Å². The lowest BCUT2D eigenvalue weighted by Gasteiger charge is -2.08. The van der Waals surface area contributed by atoms with Crippen molar-refractivity contribution in [2.75, 3.05) is 20.3 Å². The third-order valence-corrected chi connectivity index (χ3v) is 3.83. The Kier molecular flexibility index (Phi) is 5.13. The molecule has 0 saturated carbocycles. The van der Waals surface area contributed by atoms with Gasteiger partial charge in [-0.1, -0.05) is 0 Å². The predicted octanol–water partition coefficient (Wildman–Crippen LogP) is 3.77. The van der Waals surface area contributed by atoms with Crippen LogP contribution in [0.15, 0.2) is 39.5 Å². The summed E-state index contributed by atoms with van der Waals surface area (Å²) in [5.41, 5.74) is 1.36. The number of methoxy groups -OCH3 is 1. The first-order valence-electron chi connectivity index (χ1n) is 5.70. The molecule has 19 heavy (non-hydrogen) atoms. The van der Waals surface area contributed by atoms with Crippen molar-refractivity contribution in [3.8, 4) is 5.75 Å². The fourth-order valence-corrected chi connectivity index (χ4v) is 2.68. The maximum atomic E-state index is 12.2. The van der Waals surface area contributed by atoms with Crippen LogP contribution in [0.1, 0.15) is 15.9 Å². The summed E-state index contributed by atoms with van der Waals surface area (Å²) in [6.07, 6.45) is 0. The molecule has 100 valence electrons. The summed E-state index contributed by atoms with van der Waals surface area (Å²) in [6.45, 7) is 1.01. The van der Waals surface area contributed by atoms with Gasteiger partial charge in [-0.05, 0) is 45.6 Å². The van der Waals surface area contributed by atoms with Crippen molar-refractivity contribution < 1.29 is 14.3 Å². The Balaban J connectivity index is 2.12. The van der Waals surface area contributed by atoms with Gasteiger partial charge in [-0.25, -0.2) is 0 Å². The van der Waals surface area contributed by atoms with Crippen molar-refractivity contribution in [3.63, 3.8) is 0 Å². The Labute approximate surface area is 124 Å². The molecule has 2 aromatic rings. The largest absolute Gasteiger partial charge is 0.490 e. The summed E-state index contributed by atoms with van der Waals surface area (Å²) in [5, 5.41) is 3.74. The van der Waals surface area contributed by atoms with Crippen molar-refractivity contribution in [3.05, 3.63) is 50.6 Å². The minimum atomic E-state index is 0.0189. The number of carbonyl (C=O) groups is 1. The van der Waals surface area contributed by atoms with E-state index in [1.807, 2.05) is 16.8 Å². The van der Waals surface area contributed by atoms with Crippen LogP contribution >= 0.6 is 27.3 Å².